The van der Waals surface area contributed by atoms with Gasteiger partial charge < -0.3 is 4.90 Å². The maximum Gasteiger partial charge on any atom is 0.0468 e. The maximum absolute atomic E-state index is 2.48. The van der Waals surface area contributed by atoms with Gasteiger partial charge in [0.1, 0.15) is 0 Å². The molecule has 0 saturated carbocycles. The van der Waals surface area contributed by atoms with Crippen molar-refractivity contribution in [2.75, 3.05) is 4.90 Å². The lowest BCUT2D eigenvalue weighted by Crippen LogP contribution is -2.16. The highest BCUT2D eigenvalue weighted by atomic mass is 15.1. The molecule has 282 valence electrons. The van der Waals surface area contributed by atoms with Crippen molar-refractivity contribution in [2.45, 2.75) is 19.3 Å². The van der Waals surface area contributed by atoms with Gasteiger partial charge in [-0.1, -0.05) is 172 Å². The van der Waals surface area contributed by atoms with Gasteiger partial charge in [0.15, 0.2) is 0 Å². The molecule has 60 heavy (non-hydrogen) atoms. The van der Waals surface area contributed by atoms with E-state index in [1.54, 1.807) is 0 Å². The highest BCUT2D eigenvalue weighted by Gasteiger charge is 2.36. The third-order valence-electron chi connectivity index (χ3n) is 13.2. The first kappa shape index (κ1) is 34.6. The molecule has 0 N–H and O–H groups in total. The zero-order valence-corrected chi connectivity index (χ0v) is 33.7. The molecule has 0 spiro atoms. The van der Waals surface area contributed by atoms with Gasteiger partial charge >= 0.3 is 0 Å². The topological polar surface area (TPSA) is 3.24 Å². The Morgan fingerprint density at radius 2 is 0.750 bits per heavy atom. The first-order chi connectivity index (χ1) is 29.5. The van der Waals surface area contributed by atoms with Gasteiger partial charge in [-0.25, -0.2) is 0 Å². The molecule has 0 saturated heterocycles. The van der Waals surface area contributed by atoms with Crippen LogP contribution >= 0.6 is 0 Å². The molecule has 1 nitrogen and oxygen atoms in total. The standard InChI is InChI=1S/C59H41N/c1-59(2)56-36-43(55-35-44-34-54(40-16-4-3-5-17-40)48-20-10-12-22-52(48)58(44)53-23-13-11-21-49(53)55)26-30-50(56)51-31-29-47(37-57(51)59)60(45-27-24-38-14-6-8-18-41(38)32-45)46-28-25-39-15-7-9-19-42(39)33-46/h3-37H,1-2H3. The first-order valence-corrected chi connectivity index (χ1v) is 21.0. The molecule has 0 heterocycles. The smallest absolute Gasteiger partial charge is 0.0468 e. The van der Waals surface area contributed by atoms with Crippen molar-refractivity contribution in [3.63, 3.8) is 0 Å². The number of hydrogen-bond acceptors (Lipinski definition) is 1. The summed E-state index contributed by atoms with van der Waals surface area (Å²) in [5, 5.41) is 12.7. The van der Waals surface area contributed by atoms with E-state index >= 15 is 0 Å². The monoisotopic (exact) mass is 763 g/mol. The van der Waals surface area contributed by atoms with E-state index in [0.29, 0.717) is 0 Å². The van der Waals surface area contributed by atoms with Crippen molar-refractivity contribution < 1.29 is 0 Å². The number of anilines is 3. The molecule has 11 aromatic carbocycles. The van der Waals surface area contributed by atoms with Crippen molar-refractivity contribution in [3.05, 3.63) is 223 Å². The fourth-order valence-electron chi connectivity index (χ4n) is 10.2. The SMILES string of the molecule is CC1(C)c2cc(-c3cc4cc(-c5ccccc5)c5ccccc5c4c4ccccc34)ccc2-c2ccc(N(c3ccc4ccccc4c3)c3ccc4ccccc4c3)cc21. The Hall–Kier alpha value is -7.48. The van der Waals surface area contributed by atoms with Crippen LogP contribution in [0.4, 0.5) is 17.1 Å². The lowest BCUT2D eigenvalue weighted by atomic mass is 9.81. The second kappa shape index (κ2) is 13.3. The number of hydrogen-bond donors (Lipinski definition) is 0. The quantitative estimate of drug-likeness (QED) is 0.158. The fraction of sp³-hybridized carbons (Fsp3) is 0.0508. The third-order valence-corrected chi connectivity index (χ3v) is 13.2. The normalized spacial score (nSPS) is 13.0. The van der Waals surface area contributed by atoms with Crippen LogP contribution in [0.2, 0.25) is 0 Å². The van der Waals surface area contributed by atoms with Crippen LogP contribution in [0, 0.1) is 0 Å². The zero-order chi connectivity index (χ0) is 40.0. The zero-order valence-electron chi connectivity index (χ0n) is 33.7. The van der Waals surface area contributed by atoms with E-state index in [1.807, 2.05) is 0 Å². The van der Waals surface area contributed by atoms with Crippen molar-refractivity contribution >= 4 is 70.9 Å². The number of nitrogens with zero attached hydrogens (tertiary/aromatic N) is 1. The first-order valence-electron chi connectivity index (χ1n) is 21.0. The highest BCUT2D eigenvalue weighted by Crippen LogP contribution is 2.52. The van der Waals surface area contributed by atoms with Crippen molar-refractivity contribution in [1.82, 2.24) is 0 Å². The average Bonchev–Trinajstić information content (AvgIpc) is 3.53. The van der Waals surface area contributed by atoms with Crippen LogP contribution in [0.3, 0.4) is 0 Å². The molecule has 11 aromatic rings. The molecular weight excluding hydrogens is 723 g/mol. The van der Waals surface area contributed by atoms with E-state index in [2.05, 4.69) is 231 Å². The molecule has 0 radical (unpaired) electrons. The summed E-state index contributed by atoms with van der Waals surface area (Å²) in [4.78, 5) is 2.43. The summed E-state index contributed by atoms with van der Waals surface area (Å²) >= 11 is 0. The van der Waals surface area contributed by atoms with Gasteiger partial charge in [0.25, 0.3) is 0 Å². The van der Waals surface area contributed by atoms with Crippen LogP contribution in [-0.2, 0) is 5.41 Å². The summed E-state index contributed by atoms with van der Waals surface area (Å²) in [7, 11) is 0. The van der Waals surface area contributed by atoms with Crippen molar-refractivity contribution in [3.8, 4) is 33.4 Å². The molecule has 0 aliphatic heterocycles. The summed E-state index contributed by atoms with van der Waals surface area (Å²) in [5.74, 6) is 0. The fourth-order valence-corrected chi connectivity index (χ4v) is 10.2. The minimum atomic E-state index is -0.224. The summed E-state index contributed by atoms with van der Waals surface area (Å²) in [6.07, 6.45) is 0. The van der Waals surface area contributed by atoms with Gasteiger partial charge in [-0.2, -0.15) is 0 Å². The largest absolute Gasteiger partial charge is 0.310 e. The van der Waals surface area contributed by atoms with E-state index in [0.717, 1.165) is 17.1 Å². The van der Waals surface area contributed by atoms with Gasteiger partial charge in [0, 0.05) is 22.5 Å². The molecular formula is C59H41N. The van der Waals surface area contributed by atoms with E-state index in [9.17, 15) is 0 Å². The van der Waals surface area contributed by atoms with Gasteiger partial charge in [0.05, 0.1) is 0 Å². The molecule has 0 unspecified atom stereocenters. The Bertz CT molecular complexity index is 3440. The van der Waals surface area contributed by atoms with Crippen molar-refractivity contribution in [2.24, 2.45) is 0 Å². The van der Waals surface area contributed by atoms with Crippen LogP contribution in [0.25, 0.3) is 87.2 Å². The van der Waals surface area contributed by atoms with E-state index in [-0.39, 0.29) is 5.41 Å². The van der Waals surface area contributed by atoms with Crippen LogP contribution in [0.15, 0.2) is 212 Å². The highest BCUT2D eigenvalue weighted by molar-refractivity contribution is 6.25. The maximum atomic E-state index is 2.48. The van der Waals surface area contributed by atoms with Crippen LogP contribution in [0.5, 0.6) is 0 Å². The summed E-state index contributed by atoms with van der Waals surface area (Å²) in [6, 6.07) is 78.8. The number of benzene rings is 11. The molecule has 0 atom stereocenters. The molecule has 0 amide bonds. The van der Waals surface area contributed by atoms with E-state index in [1.165, 1.54) is 98.4 Å². The Kier molecular flexibility index (Phi) is 7.65. The van der Waals surface area contributed by atoms with Crippen LogP contribution < -0.4 is 4.90 Å². The Balaban J connectivity index is 1.01. The summed E-state index contributed by atoms with van der Waals surface area (Å²) in [6.45, 7) is 4.80. The van der Waals surface area contributed by atoms with Crippen LogP contribution in [-0.4, -0.2) is 0 Å². The third kappa shape index (κ3) is 5.33. The Labute approximate surface area is 350 Å². The second-order valence-electron chi connectivity index (χ2n) is 16.9. The summed E-state index contributed by atoms with van der Waals surface area (Å²) < 4.78 is 0. The minimum absolute atomic E-state index is 0.224. The Morgan fingerprint density at radius 1 is 0.300 bits per heavy atom. The summed E-state index contributed by atoms with van der Waals surface area (Å²) in [5.41, 5.74) is 13.6. The van der Waals surface area contributed by atoms with E-state index < -0.39 is 0 Å². The molecule has 0 fully saturated rings. The molecule has 1 aliphatic carbocycles. The lowest BCUT2D eigenvalue weighted by Gasteiger charge is -2.28. The van der Waals surface area contributed by atoms with Gasteiger partial charge in [-0.05, 0) is 153 Å². The predicted octanol–water partition coefficient (Wildman–Crippen LogP) is 16.6. The van der Waals surface area contributed by atoms with Gasteiger partial charge in [-0.3, -0.25) is 0 Å². The molecule has 1 heteroatoms. The molecule has 0 bridgehead atoms. The minimum Gasteiger partial charge on any atom is -0.310 e. The molecule has 1 aliphatic rings. The van der Waals surface area contributed by atoms with Gasteiger partial charge in [0.2, 0.25) is 0 Å². The van der Waals surface area contributed by atoms with Crippen molar-refractivity contribution in [1.29, 1.82) is 0 Å². The second-order valence-corrected chi connectivity index (χ2v) is 16.9. The number of rotatable bonds is 5. The predicted molar refractivity (Wildman–Crippen MR) is 257 cm³/mol. The van der Waals surface area contributed by atoms with Crippen LogP contribution in [0.1, 0.15) is 25.0 Å². The van der Waals surface area contributed by atoms with E-state index in [4.69, 9.17) is 0 Å². The average molecular weight is 764 g/mol. The van der Waals surface area contributed by atoms with Gasteiger partial charge in [-0.15, -0.1) is 0 Å². The number of fused-ring (bicyclic) bond motifs is 10. The molecule has 0 aromatic heterocycles. The Morgan fingerprint density at radius 3 is 1.35 bits per heavy atom. The lowest BCUT2D eigenvalue weighted by molar-refractivity contribution is 0.660. The molecule has 12 rings (SSSR count).